The Hall–Kier alpha value is -2.38. The molecule has 0 radical (unpaired) electrons. The standard InChI is InChI=1S/C21H28N4O3/c1-15-14-24(18-7-11-28-12-8-18)9-10-25(15)21(26)22-17-4-5-19-16(13-17)3-6-20(23-19)27-2/h3-6,13,15,18H,7-12,14H2,1-2H3,(H,22,26)/t15-/m1/s1. The molecule has 2 saturated heterocycles. The molecule has 0 spiro atoms. The van der Waals surface area contributed by atoms with Crippen LogP contribution in [0.5, 0.6) is 5.88 Å². The fourth-order valence-electron chi connectivity index (χ4n) is 4.16. The summed E-state index contributed by atoms with van der Waals surface area (Å²) in [5.41, 5.74) is 1.62. The molecule has 1 aromatic heterocycles. The summed E-state index contributed by atoms with van der Waals surface area (Å²) < 4.78 is 10.6. The van der Waals surface area contributed by atoms with E-state index >= 15 is 0 Å². The number of benzene rings is 1. The van der Waals surface area contributed by atoms with E-state index in [1.54, 1.807) is 7.11 Å². The molecule has 1 aromatic carbocycles. The fraction of sp³-hybridized carbons (Fsp3) is 0.524. The molecule has 4 rings (SSSR count). The molecule has 1 atom stereocenters. The highest BCUT2D eigenvalue weighted by molar-refractivity contribution is 5.93. The van der Waals surface area contributed by atoms with Crippen molar-refractivity contribution in [1.82, 2.24) is 14.8 Å². The number of rotatable bonds is 3. The Balaban J connectivity index is 1.39. The Morgan fingerprint density at radius 1 is 1.21 bits per heavy atom. The number of amides is 2. The van der Waals surface area contributed by atoms with Crippen molar-refractivity contribution >= 4 is 22.6 Å². The first kappa shape index (κ1) is 19.0. The minimum absolute atomic E-state index is 0.0417. The molecule has 2 fully saturated rings. The number of nitrogens with one attached hydrogen (secondary N) is 1. The van der Waals surface area contributed by atoms with Gasteiger partial charge in [0.15, 0.2) is 0 Å². The van der Waals surface area contributed by atoms with Gasteiger partial charge in [-0.15, -0.1) is 0 Å². The van der Waals surface area contributed by atoms with Crippen LogP contribution in [0.1, 0.15) is 19.8 Å². The average Bonchev–Trinajstić information content (AvgIpc) is 2.73. The summed E-state index contributed by atoms with van der Waals surface area (Å²) in [6, 6.07) is 10.2. The third kappa shape index (κ3) is 4.05. The van der Waals surface area contributed by atoms with E-state index in [2.05, 4.69) is 22.1 Å². The van der Waals surface area contributed by atoms with Gasteiger partial charge in [0.2, 0.25) is 5.88 Å². The summed E-state index contributed by atoms with van der Waals surface area (Å²) in [5, 5.41) is 4.02. The van der Waals surface area contributed by atoms with E-state index in [9.17, 15) is 4.79 Å². The number of anilines is 1. The molecule has 2 aliphatic rings. The van der Waals surface area contributed by atoms with Crippen LogP contribution in [0.15, 0.2) is 30.3 Å². The second-order valence-electron chi connectivity index (χ2n) is 7.57. The number of methoxy groups -OCH3 is 1. The summed E-state index contributed by atoms with van der Waals surface area (Å²) in [6.07, 6.45) is 2.18. The molecule has 2 aliphatic heterocycles. The van der Waals surface area contributed by atoms with Crippen molar-refractivity contribution in [2.24, 2.45) is 0 Å². The molecule has 2 aromatic rings. The van der Waals surface area contributed by atoms with Gasteiger partial charge in [0, 0.05) is 62.1 Å². The quantitative estimate of drug-likeness (QED) is 0.881. The second-order valence-corrected chi connectivity index (χ2v) is 7.57. The van der Waals surface area contributed by atoms with E-state index in [-0.39, 0.29) is 12.1 Å². The highest BCUT2D eigenvalue weighted by atomic mass is 16.5. The van der Waals surface area contributed by atoms with Crippen molar-refractivity contribution in [2.45, 2.75) is 31.8 Å². The summed E-state index contributed by atoms with van der Waals surface area (Å²) in [6.45, 7) is 6.41. The summed E-state index contributed by atoms with van der Waals surface area (Å²) in [5.74, 6) is 0.584. The number of aromatic nitrogens is 1. The second kappa shape index (κ2) is 8.32. The number of fused-ring (bicyclic) bond motifs is 1. The van der Waals surface area contributed by atoms with Crippen molar-refractivity contribution in [3.05, 3.63) is 30.3 Å². The Bertz CT molecular complexity index is 838. The highest BCUT2D eigenvalue weighted by Crippen LogP contribution is 2.23. The van der Waals surface area contributed by atoms with E-state index < -0.39 is 0 Å². The van der Waals surface area contributed by atoms with Crippen LogP contribution >= 0.6 is 0 Å². The monoisotopic (exact) mass is 384 g/mol. The van der Waals surface area contributed by atoms with Crippen LogP contribution in [0.25, 0.3) is 10.9 Å². The lowest BCUT2D eigenvalue weighted by atomic mass is 10.0. The Morgan fingerprint density at radius 3 is 2.79 bits per heavy atom. The molecular formula is C21H28N4O3. The van der Waals surface area contributed by atoms with E-state index in [4.69, 9.17) is 9.47 Å². The zero-order valence-corrected chi connectivity index (χ0v) is 16.6. The molecule has 28 heavy (non-hydrogen) atoms. The predicted molar refractivity (Wildman–Crippen MR) is 109 cm³/mol. The fourth-order valence-corrected chi connectivity index (χ4v) is 4.16. The van der Waals surface area contributed by atoms with Gasteiger partial charge >= 0.3 is 6.03 Å². The zero-order chi connectivity index (χ0) is 19.5. The van der Waals surface area contributed by atoms with Gasteiger partial charge in [-0.2, -0.15) is 0 Å². The molecule has 150 valence electrons. The van der Waals surface area contributed by atoms with Gasteiger partial charge in [0.05, 0.1) is 12.6 Å². The van der Waals surface area contributed by atoms with E-state index in [0.29, 0.717) is 11.9 Å². The number of hydrogen-bond acceptors (Lipinski definition) is 5. The molecule has 7 nitrogen and oxygen atoms in total. The predicted octanol–water partition coefficient (Wildman–Crippen LogP) is 2.96. The van der Waals surface area contributed by atoms with Gasteiger partial charge in [-0.25, -0.2) is 9.78 Å². The van der Waals surface area contributed by atoms with Crippen LogP contribution in [-0.2, 0) is 4.74 Å². The van der Waals surface area contributed by atoms with Gasteiger partial charge in [0.1, 0.15) is 0 Å². The maximum atomic E-state index is 12.8. The van der Waals surface area contributed by atoms with Gasteiger partial charge in [0.25, 0.3) is 0 Å². The highest BCUT2D eigenvalue weighted by Gasteiger charge is 2.31. The molecule has 0 bridgehead atoms. The summed E-state index contributed by atoms with van der Waals surface area (Å²) >= 11 is 0. The van der Waals surface area contributed by atoms with Crippen LogP contribution in [0.2, 0.25) is 0 Å². The first-order valence-electron chi connectivity index (χ1n) is 9.98. The number of urea groups is 1. The minimum atomic E-state index is -0.0417. The van der Waals surface area contributed by atoms with E-state index in [0.717, 1.165) is 62.3 Å². The summed E-state index contributed by atoms with van der Waals surface area (Å²) in [4.78, 5) is 21.7. The maximum absolute atomic E-state index is 12.8. The van der Waals surface area contributed by atoms with Gasteiger partial charge in [-0.3, -0.25) is 4.90 Å². The van der Waals surface area contributed by atoms with Gasteiger partial charge in [-0.1, -0.05) is 0 Å². The number of ether oxygens (including phenoxy) is 2. The lowest BCUT2D eigenvalue weighted by Gasteiger charge is -2.44. The van der Waals surface area contributed by atoms with E-state index in [1.807, 2.05) is 35.2 Å². The number of carbonyl (C=O) groups excluding carboxylic acids is 1. The first-order valence-corrected chi connectivity index (χ1v) is 9.98. The summed E-state index contributed by atoms with van der Waals surface area (Å²) in [7, 11) is 1.60. The average molecular weight is 384 g/mol. The van der Waals surface area contributed by atoms with E-state index in [1.165, 1.54) is 0 Å². The number of hydrogen-bond donors (Lipinski definition) is 1. The normalized spacial score (nSPS) is 21.6. The van der Waals surface area contributed by atoms with Crippen molar-refractivity contribution in [3.63, 3.8) is 0 Å². The van der Waals surface area contributed by atoms with Crippen LogP contribution in [0.3, 0.4) is 0 Å². The van der Waals surface area contributed by atoms with Crippen molar-refractivity contribution < 1.29 is 14.3 Å². The Labute approximate surface area is 165 Å². The minimum Gasteiger partial charge on any atom is -0.481 e. The van der Waals surface area contributed by atoms with Crippen LogP contribution in [0, 0.1) is 0 Å². The number of piperazine rings is 1. The third-order valence-corrected chi connectivity index (χ3v) is 5.75. The molecule has 3 heterocycles. The molecule has 1 N–H and O–H groups in total. The lowest BCUT2D eigenvalue weighted by molar-refractivity contribution is 0.00816. The van der Waals surface area contributed by atoms with Gasteiger partial charge in [-0.05, 0) is 44.0 Å². The number of nitrogens with zero attached hydrogens (tertiary/aromatic N) is 3. The van der Waals surface area contributed by atoms with Crippen molar-refractivity contribution in [1.29, 1.82) is 0 Å². The lowest BCUT2D eigenvalue weighted by Crippen LogP contribution is -2.58. The smallest absolute Gasteiger partial charge is 0.322 e. The van der Waals surface area contributed by atoms with Crippen molar-refractivity contribution in [2.75, 3.05) is 45.3 Å². The Morgan fingerprint density at radius 2 is 2.04 bits per heavy atom. The first-order chi connectivity index (χ1) is 13.6. The molecule has 2 amide bonds. The molecule has 7 heteroatoms. The van der Waals surface area contributed by atoms with Crippen LogP contribution < -0.4 is 10.1 Å². The number of pyridine rings is 1. The van der Waals surface area contributed by atoms with Crippen LogP contribution in [0.4, 0.5) is 10.5 Å². The third-order valence-electron chi connectivity index (χ3n) is 5.75. The molecular weight excluding hydrogens is 356 g/mol. The van der Waals surface area contributed by atoms with Gasteiger partial charge < -0.3 is 19.7 Å². The molecule has 0 aliphatic carbocycles. The molecule has 0 saturated carbocycles. The molecule has 0 unspecified atom stereocenters. The number of carbonyl (C=O) groups is 1. The van der Waals surface area contributed by atoms with Crippen LogP contribution in [-0.4, -0.2) is 72.9 Å². The SMILES string of the molecule is COc1ccc2cc(NC(=O)N3CCN(C4CCOCC4)C[C@H]3C)ccc2n1. The largest absolute Gasteiger partial charge is 0.481 e. The zero-order valence-electron chi connectivity index (χ0n) is 16.6. The topological polar surface area (TPSA) is 66.9 Å². The maximum Gasteiger partial charge on any atom is 0.322 e. The van der Waals surface area contributed by atoms with Crippen molar-refractivity contribution in [3.8, 4) is 5.88 Å². The Kier molecular flexibility index (Phi) is 5.64.